The maximum absolute atomic E-state index is 5.79. The Morgan fingerprint density at radius 2 is 2.11 bits per heavy atom. The second-order valence-corrected chi connectivity index (χ2v) is 4.97. The van der Waals surface area contributed by atoms with E-state index in [4.69, 9.17) is 10.5 Å². The van der Waals surface area contributed by atoms with Gasteiger partial charge < -0.3 is 10.5 Å². The first-order valence-electron chi connectivity index (χ1n) is 5.72. The molecule has 0 aliphatic heterocycles. The second-order valence-electron chi connectivity index (χ2n) is 4.06. The number of aryl methyl sites for hydroxylation is 1. The van der Waals surface area contributed by atoms with Gasteiger partial charge in [0.15, 0.2) is 0 Å². The summed E-state index contributed by atoms with van der Waals surface area (Å²) in [6, 6.07) is 9.87. The number of aromatic nitrogens is 1. The highest BCUT2D eigenvalue weighted by Gasteiger charge is 2.01. The molecule has 3 nitrogen and oxygen atoms in total. The van der Waals surface area contributed by atoms with Gasteiger partial charge in [-0.25, -0.2) is 0 Å². The number of nitrogens with two attached hydrogens (primary N) is 1. The Labute approximate surface area is 115 Å². The van der Waals surface area contributed by atoms with E-state index in [1.807, 2.05) is 37.3 Å². The van der Waals surface area contributed by atoms with Crippen molar-refractivity contribution in [3.05, 3.63) is 57.8 Å². The molecule has 2 rings (SSSR count). The highest BCUT2D eigenvalue weighted by Crippen LogP contribution is 2.23. The predicted octanol–water partition coefficient (Wildman–Crippen LogP) is 3.19. The SMILES string of the molecule is Cc1cc(Br)ccc1OCc1ccnc(CN)c1. The van der Waals surface area contributed by atoms with Crippen molar-refractivity contribution in [3.8, 4) is 5.75 Å². The fraction of sp³-hybridized carbons (Fsp3) is 0.214. The molecule has 94 valence electrons. The number of rotatable bonds is 4. The van der Waals surface area contributed by atoms with Gasteiger partial charge in [-0.2, -0.15) is 0 Å². The molecule has 2 aromatic rings. The smallest absolute Gasteiger partial charge is 0.122 e. The Morgan fingerprint density at radius 1 is 1.28 bits per heavy atom. The van der Waals surface area contributed by atoms with Crippen LogP contribution in [-0.2, 0) is 13.2 Å². The van der Waals surface area contributed by atoms with E-state index in [9.17, 15) is 0 Å². The number of halogens is 1. The quantitative estimate of drug-likeness (QED) is 0.943. The van der Waals surface area contributed by atoms with E-state index in [1.54, 1.807) is 6.20 Å². The molecular weight excluding hydrogens is 292 g/mol. The summed E-state index contributed by atoms with van der Waals surface area (Å²) in [5, 5.41) is 0. The third-order valence-corrected chi connectivity index (χ3v) is 3.11. The Kier molecular flexibility index (Phi) is 4.33. The molecule has 1 heterocycles. The molecule has 0 radical (unpaired) electrons. The molecule has 18 heavy (non-hydrogen) atoms. The topological polar surface area (TPSA) is 48.1 Å². The highest BCUT2D eigenvalue weighted by molar-refractivity contribution is 9.10. The Morgan fingerprint density at radius 3 is 2.83 bits per heavy atom. The molecule has 0 aliphatic rings. The standard InChI is InChI=1S/C14H15BrN2O/c1-10-6-12(15)2-3-14(10)18-9-11-4-5-17-13(7-11)8-16/h2-7H,8-9,16H2,1H3. The van der Waals surface area contributed by atoms with Crippen LogP contribution >= 0.6 is 15.9 Å². The molecule has 2 N–H and O–H groups in total. The molecule has 0 saturated carbocycles. The van der Waals surface area contributed by atoms with E-state index in [1.165, 1.54) is 0 Å². The molecule has 0 fully saturated rings. The van der Waals surface area contributed by atoms with Gasteiger partial charge in [0, 0.05) is 17.2 Å². The summed E-state index contributed by atoms with van der Waals surface area (Å²) in [5.41, 5.74) is 8.62. The third kappa shape index (κ3) is 3.31. The van der Waals surface area contributed by atoms with Gasteiger partial charge in [0.1, 0.15) is 12.4 Å². The van der Waals surface area contributed by atoms with Crippen LogP contribution in [0.2, 0.25) is 0 Å². The van der Waals surface area contributed by atoms with E-state index in [0.717, 1.165) is 27.0 Å². The third-order valence-electron chi connectivity index (χ3n) is 2.62. The summed E-state index contributed by atoms with van der Waals surface area (Å²) >= 11 is 3.43. The monoisotopic (exact) mass is 306 g/mol. The molecule has 4 heteroatoms. The molecule has 1 aromatic carbocycles. The van der Waals surface area contributed by atoms with E-state index in [-0.39, 0.29) is 0 Å². The van der Waals surface area contributed by atoms with Gasteiger partial charge in [-0.3, -0.25) is 4.98 Å². The van der Waals surface area contributed by atoms with Crippen molar-refractivity contribution in [3.63, 3.8) is 0 Å². The first kappa shape index (κ1) is 13.1. The minimum atomic E-state index is 0.450. The van der Waals surface area contributed by atoms with Crippen LogP contribution in [0.3, 0.4) is 0 Å². The fourth-order valence-electron chi connectivity index (χ4n) is 1.67. The van der Waals surface area contributed by atoms with Gasteiger partial charge >= 0.3 is 0 Å². The Hall–Kier alpha value is -1.39. The van der Waals surface area contributed by atoms with E-state index >= 15 is 0 Å². The lowest BCUT2D eigenvalue weighted by Gasteiger charge is -2.10. The average Bonchev–Trinajstić information content (AvgIpc) is 2.38. The largest absolute Gasteiger partial charge is 0.489 e. The zero-order valence-electron chi connectivity index (χ0n) is 10.2. The van der Waals surface area contributed by atoms with Crippen molar-refractivity contribution in [1.29, 1.82) is 0 Å². The van der Waals surface area contributed by atoms with Crippen LogP contribution in [0.5, 0.6) is 5.75 Å². The van der Waals surface area contributed by atoms with Crippen LogP contribution < -0.4 is 10.5 Å². The van der Waals surface area contributed by atoms with Crippen LogP contribution in [0.25, 0.3) is 0 Å². The van der Waals surface area contributed by atoms with E-state index in [2.05, 4.69) is 20.9 Å². The maximum atomic E-state index is 5.79. The minimum absolute atomic E-state index is 0.450. The average molecular weight is 307 g/mol. The zero-order valence-corrected chi connectivity index (χ0v) is 11.8. The Bertz CT molecular complexity index is 543. The summed E-state index contributed by atoms with van der Waals surface area (Å²) in [6.45, 7) is 3.00. The van der Waals surface area contributed by atoms with Crippen LogP contribution in [0.4, 0.5) is 0 Å². The summed E-state index contributed by atoms with van der Waals surface area (Å²) in [6.07, 6.45) is 1.76. The number of hydrogen-bond donors (Lipinski definition) is 1. The van der Waals surface area contributed by atoms with Gasteiger partial charge in [-0.05, 0) is 48.4 Å². The number of ether oxygens (including phenoxy) is 1. The summed E-state index contributed by atoms with van der Waals surface area (Å²) in [4.78, 5) is 4.16. The minimum Gasteiger partial charge on any atom is -0.489 e. The summed E-state index contributed by atoms with van der Waals surface area (Å²) in [5.74, 6) is 0.893. The first-order valence-corrected chi connectivity index (χ1v) is 6.51. The molecule has 1 aromatic heterocycles. The maximum Gasteiger partial charge on any atom is 0.122 e. The lowest BCUT2D eigenvalue weighted by atomic mass is 10.2. The zero-order chi connectivity index (χ0) is 13.0. The lowest BCUT2D eigenvalue weighted by Crippen LogP contribution is -2.02. The molecule has 0 unspecified atom stereocenters. The normalized spacial score (nSPS) is 10.4. The van der Waals surface area contributed by atoms with E-state index < -0.39 is 0 Å². The van der Waals surface area contributed by atoms with Crippen LogP contribution in [-0.4, -0.2) is 4.98 Å². The van der Waals surface area contributed by atoms with Crippen LogP contribution in [0.15, 0.2) is 41.0 Å². The predicted molar refractivity (Wildman–Crippen MR) is 75.3 cm³/mol. The van der Waals surface area contributed by atoms with Gasteiger partial charge in [0.25, 0.3) is 0 Å². The van der Waals surface area contributed by atoms with Crippen molar-refractivity contribution in [2.45, 2.75) is 20.1 Å². The number of nitrogens with zero attached hydrogens (tertiary/aromatic N) is 1. The van der Waals surface area contributed by atoms with Crippen molar-refractivity contribution in [2.75, 3.05) is 0 Å². The van der Waals surface area contributed by atoms with Crippen molar-refractivity contribution in [2.24, 2.45) is 5.73 Å². The molecule has 0 atom stereocenters. The molecule has 0 bridgehead atoms. The van der Waals surface area contributed by atoms with Gasteiger partial charge in [-0.15, -0.1) is 0 Å². The highest BCUT2D eigenvalue weighted by atomic mass is 79.9. The summed E-state index contributed by atoms with van der Waals surface area (Å²) in [7, 11) is 0. The molecule has 0 spiro atoms. The van der Waals surface area contributed by atoms with Crippen molar-refractivity contribution >= 4 is 15.9 Å². The fourth-order valence-corrected chi connectivity index (χ4v) is 2.14. The molecule has 0 amide bonds. The molecule has 0 aliphatic carbocycles. The van der Waals surface area contributed by atoms with E-state index in [0.29, 0.717) is 13.2 Å². The number of benzene rings is 1. The first-order chi connectivity index (χ1) is 8.69. The lowest BCUT2D eigenvalue weighted by molar-refractivity contribution is 0.304. The van der Waals surface area contributed by atoms with Crippen LogP contribution in [0, 0.1) is 6.92 Å². The van der Waals surface area contributed by atoms with Crippen molar-refractivity contribution < 1.29 is 4.74 Å². The van der Waals surface area contributed by atoms with Crippen LogP contribution in [0.1, 0.15) is 16.8 Å². The number of hydrogen-bond acceptors (Lipinski definition) is 3. The van der Waals surface area contributed by atoms with Gasteiger partial charge in [-0.1, -0.05) is 15.9 Å². The summed E-state index contributed by atoms with van der Waals surface area (Å²) < 4.78 is 6.85. The van der Waals surface area contributed by atoms with Gasteiger partial charge in [0.05, 0.1) is 5.69 Å². The number of pyridine rings is 1. The second kappa shape index (κ2) is 5.98. The molecule has 0 saturated heterocycles. The van der Waals surface area contributed by atoms with Crippen molar-refractivity contribution in [1.82, 2.24) is 4.98 Å². The molecular formula is C14H15BrN2O. The Balaban J connectivity index is 2.06. The van der Waals surface area contributed by atoms with Gasteiger partial charge in [0.2, 0.25) is 0 Å².